The van der Waals surface area contributed by atoms with E-state index >= 15 is 0 Å². The van der Waals surface area contributed by atoms with Gasteiger partial charge in [-0.3, -0.25) is 0 Å². The average Bonchev–Trinajstić information content (AvgIpc) is 2.34. The Kier molecular flexibility index (Phi) is 2.29. The topological polar surface area (TPSA) is 9.23 Å². The van der Waals surface area contributed by atoms with Gasteiger partial charge < -0.3 is 4.74 Å². The molecule has 0 radical (unpaired) electrons. The summed E-state index contributed by atoms with van der Waals surface area (Å²) in [5, 5.41) is 0. The van der Waals surface area contributed by atoms with Crippen molar-refractivity contribution in [1.29, 1.82) is 0 Å². The van der Waals surface area contributed by atoms with Gasteiger partial charge in [-0.1, -0.05) is 6.08 Å². The molecule has 1 heteroatoms. The molecule has 0 aromatic carbocycles. The highest BCUT2D eigenvalue weighted by Crippen LogP contribution is 2.27. The van der Waals surface area contributed by atoms with E-state index in [1.165, 1.54) is 19.3 Å². The largest absolute Gasteiger partial charge is 0.381 e. The van der Waals surface area contributed by atoms with Crippen molar-refractivity contribution in [3.05, 3.63) is 12.7 Å². The number of hydrogen-bond acceptors (Lipinski definition) is 1. The van der Waals surface area contributed by atoms with Crippen LogP contribution in [0.4, 0.5) is 0 Å². The van der Waals surface area contributed by atoms with Crippen LogP contribution < -0.4 is 0 Å². The summed E-state index contributed by atoms with van der Waals surface area (Å²) in [7, 11) is 1.79. The SMILES string of the molecule is C=CC1CCC(OC)C1. The number of allylic oxidation sites excluding steroid dienone is 1. The molecular formula is C8H14O. The predicted molar refractivity (Wildman–Crippen MR) is 38.3 cm³/mol. The number of methoxy groups -OCH3 is 1. The first kappa shape index (κ1) is 6.81. The molecule has 0 saturated heterocycles. The van der Waals surface area contributed by atoms with Gasteiger partial charge in [-0.25, -0.2) is 0 Å². The molecule has 2 unspecified atom stereocenters. The first-order valence-electron chi connectivity index (χ1n) is 3.52. The van der Waals surface area contributed by atoms with Crippen LogP contribution in [0.5, 0.6) is 0 Å². The first-order chi connectivity index (χ1) is 4.36. The molecule has 1 aliphatic rings. The maximum absolute atomic E-state index is 5.20. The fraction of sp³-hybridized carbons (Fsp3) is 0.750. The van der Waals surface area contributed by atoms with E-state index in [2.05, 4.69) is 6.58 Å². The van der Waals surface area contributed by atoms with Crippen LogP contribution in [0.3, 0.4) is 0 Å². The van der Waals surface area contributed by atoms with Gasteiger partial charge in [0.2, 0.25) is 0 Å². The minimum atomic E-state index is 0.507. The Balaban J connectivity index is 2.28. The zero-order chi connectivity index (χ0) is 6.69. The molecule has 0 aromatic rings. The van der Waals surface area contributed by atoms with E-state index < -0.39 is 0 Å². The fourth-order valence-corrected chi connectivity index (χ4v) is 1.40. The molecule has 0 aromatic heterocycles. The second-order valence-corrected chi connectivity index (χ2v) is 2.67. The van der Waals surface area contributed by atoms with Gasteiger partial charge in [0.05, 0.1) is 6.10 Å². The van der Waals surface area contributed by atoms with Crippen LogP contribution in [0.2, 0.25) is 0 Å². The Morgan fingerprint density at radius 1 is 1.56 bits per heavy atom. The molecule has 2 atom stereocenters. The van der Waals surface area contributed by atoms with Crippen LogP contribution >= 0.6 is 0 Å². The molecule has 0 N–H and O–H groups in total. The summed E-state index contributed by atoms with van der Waals surface area (Å²) in [6.07, 6.45) is 6.21. The molecule has 1 nitrogen and oxygen atoms in total. The smallest absolute Gasteiger partial charge is 0.0577 e. The maximum Gasteiger partial charge on any atom is 0.0577 e. The molecule has 0 bridgehead atoms. The van der Waals surface area contributed by atoms with E-state index in [9.17, 15) is 0 Å². The van der Waals surface area contributed by atoms with Gasteiger partial charge in [0.1, 0.15) is 0 Å². The highest BCUT2D eigenvalue weighted by atomic mass is 16.5. The van der Waals surface area contributed by atoms with Gasteiger partial charge in [-0.15, -0.1) is 6.58 Å². The van der Waals surface area contributed by atoms with Crippen molar-refractivity contribution >= 4 is 0 Å². The van der Waals surface area contributed by atoms with Gasteiger partial charge in [0.25, 0.3) is 0 Å². The minimum absolute atomic E-state index is 0.507. The van der Waals surface area contributed by atoms with Crippen molar-refractivity contribution in [3.8, 4) is 0 Å². The Morgan fingerprint density at radius 3 is 2.67 bits per heavy atom. The quantitative estimate of drug-likeness (QED) is 0.514. The van der Waals surface area contributed by atoms with E-state index in [1.807, 2.05) is 6.08 Å². The van der Waals surface area contributed by atoms with Gasteiger partial charge in [-0.2, -0.15) is 0 Å². The molecule has 0 aliphatic heterocycles. The molecule has 52 valence electrons. The molecule has 1 fully saturated rings. The van der Waals surface area contributed by atoms with E-state index in [4.69, 9.17) is 4.74 Å². The van der Waals surface area contributed by atoms with Gasteiger partial charge in [-0.05, 0) is 25.2 Å². The second-order valence-electron chi connectivity index (χ2n) is 2.67. The third-order valence-corrected chi connectivity index (χ3v) is 2.09. The zero-order valence-electron chi connectivity index (χ0n) is 5.97. The molecule has 0 spiro atoms. The third-order valence-electron chi connectivity index (χ3n) is 2.09. The summed E-state index contributed by atoms with van der Waals surface area (Å²) in [5.41, 5.74) is 0. The van der Waals surface area contributed by atoms with E-state index in [-0.39, 0.29) is 0 Å². The molecule has 0 heterocycles. The van der Waals surface area contributed by atoms with Gasteiger partial charge in [0.15, 0.2) is 0 Å². The van der Waals surface area contributed by atoms with Crippen LogP contribution in [-0.2, 0) is 4.74 Å². The van der Waals surface area contributed by atoms with Crippen molar-refractivity contribution in [3.63, 3.8) is 0 Å². The lowest BCUT2D eigenvalue weighted by Crippen LogP contribution is -2.03. The standard InChI is InChI=1S/C8H14O/c1-3-7-4-5-8(6-7)9-2/h3,7-8H,1,4-6H2,2H3. The van der Waals surface area contributed by atoms with Crippen LogP contribution in [0.15, 0.2) is 12.7 Å². The van der Waals surface area contributed by atoms with Crippen molar-refractivity contribution in [1.82, 2.24) is 0 Å². The highest BCUT2D eigenvalue weighted by molar-refractivity contribution is 4.87. The third kappa shape index (κ3) is 1.55. The lowest BCUT2D eigenvalue weighted by Gasteiger charge is -2.04. The molecular weight excluding hydrogens is 112 g/mol. The van der Waals surface area contributed by atoms with E-state index in [1.54, 1.807) is 7.11 Å². The van der Waals surface area contributed by atoms with E-state index in [0.29, 0.717) is 6.10 Å². The van der Waals surface area contributed by atoms with Crippen LogP contribution in [0, 0.1) is 5.92 Å². The van der Waals surface area contributed by atoms with Crippen molar-refractivity contribution in [2.75, 3.05) is 7.11 Å². The summed E-state index contributed by atoms with van der Waals surface area (Å²) < 4.78 is 5.20. The number of hydrogen-bond donors (Lipinski definition) is 0. The average molecular weight is 126 g/mol. The number of ether oxygens (including phenoxy) is 1. The summed E-state index contributed by atoms with van der Waals surface area (Å²) in [6, 6.07) is 0. The maximum atomic E-state index is 5.20. The summed E-state index contributed by atoms with van der Waals surface area (Å²) in [5.74, 6) is 0.718. The minimum Gasteiger partial charge on any atom is -0.381 e. The van der Waals surface area contributed by atoms with Gasteiger partial charge >= 0.3 is 0 Å². The van der Waals surface area contributed by atoms with E-state index in [0.717, 1.165) is 5.92 Å². The van der Waals surface area contributed by atoms with Crippen LogP contribution in [-0.4, -0.2) is 13.2 Å². The van der Waals surface area contributed by atoms with Crippen LogP contribution in [0.1, 0.15) is 19.3 Å². The lowest BCUT2D eigenvalue weighted by molar-refractivity contribution is 0.107. The monoisotopic (exact) mass is 126 g/mol. The Hall–Kier alpha value is -0.300. The molecule has 1 aliphatic carbocycles. The molecule has 1 rings (SSSR count). The summed E-state index contributed by atoms with van der Waals surface area (Å²) in [6.45, 7) is 3.76. The first-order valence-corrected chi connectivity index (χ1v) is 3.52. The van der Waals surface area contributed by atoms with Gasteiger partial charge in [0, 0.05) is 7.11 Å². The number of rotatable bonds is 2. The summed E-state index contributed by atoms with van der Waals surface area (Å²) >= 11 is 0. The molecule has 9 heavy (non-hydrogen) atoms. The fourth-order valence-electron chi connectivity index (χ4n) is 1.40. The Bertz CT molecular complexity index is 98.7. The Labute approximate surface area is 56.7 Å². The lowest BCUT2D eigenvalue weighted by atomic mass is 10.1. The predicted octanol–water partition coefficient (Wildman–Crippen LogP) is 1.99. The Morgan fingerprint density at radius 2 is 2.33 bits per heavy atom. The summed E-state index contributed by atoms with van der Waals surface area (Å²) in [4.78, 5) is 0. The molecule has 1 saturated carbocycles. The van der Waals surface area contributed by atoms with Crippen molar-refractivity contribution in [2.45, 2.75) is 25.4 Å². The molecule has 0 amide bonds. The highest BCUT2D eigenvalue weighted by Gasteiger charge is 2.21. The second kappa shape index (κ2) is 3.02. The normalized spacial score (nSPS) is 34.8. The van der Waals surface area contributed by atoms with Crippen LogP contribution in [0.25, 0.3) is 0 Å². The zero-order valence-corrected chi connectivity index (χ0v) is 5.97. The van der Waals surface area contributed by atoms with Crippen molar-refractivity contribution < 1.29 is 4.74 Å². The van der Waals surface area contributed by atoms with Crippen molar-refractivity contribution in [2.24, 2.45) is 5.92 Å².